The quantitative estimate of drug-likeness (QED) is 0.498. The summed E-state index contributed by atoms with van der Waals surface area (Å²) < 4.78 is 1.88. The van der Waals surface area contributed by atoms with E-state index in [-0.39, 0.29) is 0 Å². The molecule has 2 rings (SSSR count). The minimum Gasteiger partial charge on any atom is -0.230 e. The summed E-state index contributed by atoms with van der Waals surface area (Å²) >= 11 is 0. The summed E-state index contributed by atoms with van der Waals surface area (Å²) in [7, 11) is 0. The largest absolute Gasteiger partial charge is 0.230 e. The second kappa shape index (κ2) is 3.71. The van der Waals surface area contributed by atoms with E-state index in [2.05, 4.69) is 28.4 Å². The summed E-state index contributed by atoms with van der Waals surface area (Å²) in [5.41, 5.74) is 0. The van der Waals surface area contributed by atoms with Crippen LogP contribution in [-0.2, 0) is 13.0 Å². The lowest BCUT2D eigenvalue weighted by Gasteiger charge is -2.08. The molecule has 0 N–H and O–H groups in total. The molecule has 1 aliphatic heterocycles. The number of hydrogen-bond acceptors (Lipinski definition) is 3. The Labute approximate surface area is 65.6 Å². The summed E-state index contributed by atoms with van der Waals surface area (Å²) in [6.07, 6.45) is 11.5. The maximum Gasteiger partial charge on any atom is 0.151 e. The van der Waals surface area contributed by atoms with Gasteiger partial charge in [-0.25, -0.2) is 4.68 Å². The van der Waals surface area contributed by atoms with Crippen LogP contribution in [0, 0.1) is 12.8 Å². The lowest BCUT2D eigenvalue weighted by molar-refractivity contribution is 0.474. The molecule has 0 radical (unpaired) electrons. The van der Waals surface area contributed by atoms with Crippen molar-refractivity contribution in [2.24, 2.45) is 0 Å². The molecule has 0 spiro atoms. The van der Waals surface area contributed by atoms with Crippen molar-refractivity contribution >= 4 is 0 Å². The molecule has 1 aromatic rings. The Morgan fingerprint density at radius 1 is 1.27 bits per heavy atom. The highest BCUT2D eigenvalue weighted by molar-refractivity contribution is 4.83. The first-order valence-corrected chi connectivity index (χ1v) is 3.55. The maximum absolute atomic E-state index is 4.00. The van der Waals surface area contributed by atoms with Gasteiger partial charge >= 0.3 is 0 Å². The monoisotopic (exact) mass is 150 g/mol. The van der Waals surface area contributed by atoms with Crippen LogP contribution in [0.4, 0.5) is 0 Å². The number of tetrazole rings is 1. The molecule has 4 nitrogen and oxygen atoms in total. The topological polar surface area (TPSA) is 43.6 Å². The first-order valence-electron chi connectivity index (χ1n) is 3.55. The molecule has 11 heavy (non-hydrogen) atoms. The second-order valence-corrected chi connectivity index (χ2v) is 2.28. The second-order valence-electron chi connectivity index (χ2n) is 2.28. The SMILES string of the molecule is C#C.C1CCn2nnnc2C1. The third-order valence-electron chi connectivity index (χ3n) is 1.63. The highest BCUT2D eigenvalue weighted by atomic mass is 15.5. The molecular formula is C7H10N4. The summed E-state index contributed by atoms with van der Waals surface area (Å²) in [6.45, 7) is 1.00. The van der Waals surface area contributed by atoms with Crippen LogP contribution < -0.4 is 0 Å². The number of fused-ring (bicyclic) bond motifs is 1. The predicted octanol–water partition coefficient (Wildman–Crippen LogP) is 0.259. The Bertz CT molecular complexity index is 217. The molecule has 0 atom stereocenters. The van der Waals surface area contributed by atoms with E-state index in [9.17, 15) is 0 Å². The highest BCUT2D eigenvalue weighted by Gasteiger charge is 2.09. The van der Waals surface area contributed by atoms with Crippen molar-refractivity contribution in [3.8, 4) is 12.8 Å². The Morgan fingerprint density at radius 2 is 2.09 bits per heavy atom. The molecule has 58 valence electrons. The molecule has 0 aliphatic carbocycles. The Kier molecular flexibility index (Phi) is 2.61. The summed E-state index contributed by atoms with van der Waals surface area (Å²) in [6, 6.07) is 0. The zero-order valence-corrected chi connectivity index (χ0v) is 6.27. The fraction of sp³-hybridized carbons (Fsp3) is 0.571. The third-order valence-corrected chi connectivity index (χ3v) is 1.63. The number of aryl methyl sites for hydroxylation is 2. The van der Waals surface area contributed by atoms with E-state index < -0.39 is 0 Å². The van der Waals surface area contributed by atoms with Gasteiger partial charge in [-0.1, -0.05) is 0 Å². The van der Waals surface area contributed by atoms with Crippen LogP contribution in [0.15, 0.2) is 0 Å². The fourth-order valence-corrected chi connectivity index (χ4v) is 1.12. The van der Waals surface area contributed by atoms with Crippen LogP contribution in [0.3, 0.4) is 0 Å². The van der Waals surface area contributed by atoms with Gasteiger partial charge in [-0.05, 0) is 23.3 Å². The van der Waals surface area contributed by atoms with Gasteiger partial charge in [0.25, 0.3) is 0 Å². The first-order chi connectivity index (χ1) is 5.47. The Morgan fingerprint density at radius 3 is 2.82 bits per heavy atom. The lowest BCUT2D eigenvalue weighted by Crippen LogP contribution is -2.11. The Hall–Kier alpha value is -1.37. The minimum absolute atomic E-state index is 1.00. The molecule has 0 aromatic carbocycles. The predicted molar refractivity (Wildman–Crippen MR) is 40.6 cm³/mol. The smallest absolute Gasteiger partial charge is 0.151 e. The van der Waals surface area contributed by atoms with Gasteiger partial charge in [0.05, 0.1) is 0 Å². The van der Waals surface area contributed by atoms with Gasteiger partial charge in [0.2, 0.25) is 0 Å². The number of hydrogen-bond donors (Lipinski definition) is 0. The van der Waals surface area contributed by atoms with Crippen molar-refractivity contribution in [3.05, 3.63) is 5.82 Å². The third kappa shape index (κ3) is 1.55. The molecule has 1 aromatic heterocycles. The van der Waals surface area contributed by atoms with Crippen molar-refractivity contribution in [3.63, 3.8) is 0 Å². The van der Waals surface area contributed by atoms with E-state index in [4.69, 9.17) is 0 Å². The molecular weight excluding hydrogens is 140 g/mol. The molecule has 0 bridgehead atoms. The van der Waals surface area contributed by atoms with E-state index in [0.717, 1.165) is 18.8 Å². The van der Waals surface area contributed by atoms with Crippen LogP contribution in [0.2, 0.25) is 0 Å². The van der Waals surface area contributed by atoms with E-state index in [1.807, 2.05) is 4.68 Å². The van der Waals surface area contributed by atoms with Crippen LogP contribution in [0.5, 0.6) is 0 Å². The van der Waals surface area contributed by atoms with Crippen LogP contribution in [0.25, 0.3) is 0 Å². The zero-order chi connectivity index (χ0) is 8.10. The number of aromatic nitrogens is 4. The van der Waals surface area contributed by atoms with Crippen LogP contribution in [-0.4, -0.2) is 20.2 Å². The van der Waals surface area contributed by atoms with Crippen molar-refractivity contribution in [1.29, 1.82) is 0 Å². The van der Waals surface area contributed by atoms with Crippen molar-refractivity contribution in [1.82, 2.24) is 20.2 Å². The normalized spacial score (nSPS) is 14.4. The van der Waals surface area contributed by atoms with Gasteiger partial charge in [0, 0.05) is 13.0 Å². The average Bonchev–Trinajstić information content (AvgIpc) is 2.55. The van der Waals surface area contributed by atoms with Gasteiger partial charge in [0.15, 0.2) is 5.82 Å². The number of rotatable bonds is 0. The van der Waals surface area contributed by atoms with E-state index in [0.29, 0.717) is 0 Å². The van der Waals surface area contributed by atoms with Crippen molar-refractivity contribution in [2.75, 3.05) is 0 Å². The molecule has 0 unspecified atom stereocenters. The standard InChI is InChI=1S/C5H8N4.C2H2/c1-2-4-9-5(3-1)6-7-8-9;1-2/h1-4H2;1-2H. The summed E-state index contributed by atoms with van der Waals surface area (Å²) in [4.78, 5) is 0. The molecule has 0 fully saturated rings. The molecule has 0 saturated carbocycles. The van der Waals surface area contributed by atoms with Crippen LogP contribution in [0.1, 0.15) is 18.7 Å². The van der Waals surface area contributed by atoms with Gasteiger partial charge < -0.3 is 0 Å². The molecule has 0 saturated heterocycles. The lowest BCUT2D eigenvalue weighted by atomic mass is 10.2. The minimum atomic E-state index is 1.00. The van der Waals surface area contributed by atoms with Crippen molar-refractivity contribution in [2.45, 2.75) is 25.8 Å². The van der Waals surface area contributed by atoms with Gasteiger partial charge in [-0.15, -0.1) is 17.9 Å². The number of terminal acetylenes is 1. The highest BCUT2D eigenvalue weighted by Crippen LogP contribution is 2.07. The maximum atomic E-state index is 4.00. The molecule has 0 amide bonds. The Balaban J connectivity index is 0.000000281. The van der Waals surface area contributed by atoms with E-state index in [1.165, 1.54) is 12.8 Å². The fourth-order valence-electron chi connectivity index (χ4n) is 1.12. The van der Waals surface area contributed by atoms with E-state index in [1.54, 1.807) is 0 Å². The summed E-state index contributed by atoms with van der Waals surface area (Å²) in [5.74, 6) is 1.04. The zero-order valence-electron chi connectivity index (χ0n) is 6.27. The van der Waals surface area contributed by atoms with Gasteiger partial charge in [-0.3, -0.25) is 0 Å². The first kappa shape index (κ1) is 7.73. The molecule has 4 heteroatoms. The van der Waals surface area contributed by atoms with Crippen LogP contribution >= 0.6 is 0 Å². The number of nitrogens with zero attached hydrogens (tertiary/aromatic N) is 4. The van der Waals surface area contributed by atoms with Gasteiger partial charge in [-0.2, -0.15) is 0 Å². The average molecular weight is 150 g/mol. The van der Waals surface area contributed by atoms with Crippen molar-refractivity contribution < 1.29 is 0 Å². The molecule has 1 aliphatic rings. The van der Waals surface area contributed by atoms with Gasteiger partial charge in [0.1, 0.15) is 0 Å². The molecule has 2 heterocycles. The van der Waals surface area contributed by atoms with E-state index >= 15 is 0 Å². The summed E-state index contributed by atoms with van der Waals surface area (Å²) in [5, 5.41) is 11.2.